The molecule has 0 saturated carbocycles. The van der Waals surface area contributed by atoms with E-state index in [1.54, 1.807) is 12.3 Å². The van der Waals surface area contributed by atoms with Crippen LogP contribution in [0.3, 0.4) is 0 Å². The van der Waals surface area contributed by atoms with E-state index in [2.05, 4.69) is 4.98 Å². The van der Waals surface area contributed by atoms with E-state index in [1.165, 1.54) is 4.57 Å². The normalized spacial score (nSPS) is 25.6. The second-order valence-electron chi connectivity index (χ2n) is 3.91. The van der Waals surface area contributed by atoms with Gasteiger partial charge in [0.05, 0.1) is 25.4 Å². The van der Waals surface area contributed by atoms with Crippen LogP contribution in [0.2, 0.25) is 0 Å². The molecule has 0 aromatic carbocycles. The maximum Gasteiger partial charge on any atom is 0.349 e. The number of aliphatic hydroxyl groups excluding tert-OH is 1. The van der Waals surface area contributed by atoms with E-state index in [4.69, 9.17) is 15.6 Å². The number of nitrogens with zero attached hydrogens (tertiary/aromatic N) is 2. The van der Waals surface area contributed by atoms with Gasteiger partial charge in [-0.05, 0) is 18.9 Å². The first kappa shape index (κ1) is 11.1. The van der Waals surface area contributed by atoms with Gasteiger partial charge in [-0.2, -0.15) is 4.98 Å². The molecule has 0 aliphatic carbocycles. The van der Waals surface area contributed by atoms with Crippen LogP contribution in [-0.4, -0.2) is 34.0 Å². The minimum Gasteiger partial charge on any atom is -0.394 e. The molecule has 0 amide bonds. The predicted molar refractivity (Wildman–Crippen MR) is 58.0 cm³/mol. The molecule has 2 rings (SSSR count). The monoisotopic (exact) mass is 225 g/mol. The lowest BCUT2D eigenvalue weighted by Gasteiger charge is -2.28. The Bertz CT molecular complexity index is 410. The van der Waals surface area contributed by atoms with Crippen molar-refractivity contribution in [1.29, 1.82) is 0 Å². The zero-order chi connectivity index (χ0) is 11.5. The van der Waals surface area contributed by atoms with E-state index in [1.807, 2.05) is 0 Å². The Balaban J connectivity index is 2.11. The summed E-state index contributed by atoms with van der Waals surface area (Å²) in [6.45, 7) is 0.457. The second-order valence-corrected chi connectivity index (χ2v) is 3.91. The molecule has 0 unspecified atom stereocenters. The molecule has 88 valence electrons. The highest BCUT2D eigenvalue weighted by Gasteiger charge is 2.22. The van der Waals surface area contributed by atoms with E-state index in [0.717, 1.165) is 12.8 Å². The van der Waals surface area contributed by atoms with Crippen molar-refractivity contribution >= 4 is 5.82 Å². The van der Waals surface area contributed by atoms with E-state index < -0.39 is 0 Å². The third-order valence-electron chi connectivity index (χ3n) is 2.79. The topological polar surface area (TPSA) is 90.4 Å². The van der Waals surface area contributed by atoms with Gasteiger partial charge in [0.15, 0.2) is 0 Å². The molecule has 6 heteroatoms. The maximum atomic E-state index is 11.6. The quantitative estimate of drug-likeness (QED) is 0.710. The molecule has 0 radical (unpaired) electrons. The average Bonchev–Trinajstić information content (AvgIpc) is 2.29. The Morgan fingerprint density at radius 2 is 2.44 bits per heavy atom. The van der Waals surface area contributed by atoms with Crippen molar-refractivity contribution in [2.75, 3.05) is 18.9 Å². The summed E-state index contributed by atoms with van der Waals surface area (Å²) in [5, 5.41) is 8.92. The molecule has 6 nitrogen and oxygen atoms in total. The first-order valence-corrected chi connectivity index (χ1v) is 5.28. The smallest absolute Gasteiger partial charge is 0.349 e. The zero-order valence-corrected chi connectivity index (χ0v) is 8.87. The van der Waals surface area contributed by atoms with Crippen LogP contribution in [0, 0.1) is 0 Å². The molecule has 1 aliphatic heterocycles. The first-order valence-electron chi connectivity index (χ1n) is 5.28. The molecule has 1 aromatic heterocycles. The Hall–Kier alpha value is -1.40. The molecular weight excluding hydrogens is 210 g/mol. The van der Waals surface area contributed by atoms with Gasteiger partial charge < -0.3 is 15.6 Å². The highest BCUT2D eigenvalue weighted by atomic mass is 16.5. The van der Waals surface area contributed by atoms with Gasteiger partial charge in [0.1, 0.15) is 5.82 Å². The van der Waals surface area contributed by atoms with Gasteiger partial charge >= 0.3 is 5.69 Å². The summed E-state index contributed by atoms with van der Waals surface area (Å²) < 4.78 is 6.94. The predicted octanol–water partition coefficient (Wildman–Crippen LogP) is -0.462. The zero-order valence-electron chi connectivity index (χ0n) is 8.87. The summed E-state index contributed by atoms with van der Waals surface area (Å²) in [5.41, 5.74) is 5.06. The number of ether oxygens (including phenoxy) is 1. The molecule has 3 N–H and O–H groups in total. The van der Waals surface area contributed by atoms with Crippen molar-refractivity contribution in [3.8, 4) is 0 Å². The largest absolute Gasteiger partial charge is 0.394 e. The Morgan fingerprint density at radius 3 is 3.00 bits per heavy atom. The minimum absolute atomic E-state index is 0.0107. The molecule has 2 heterocycles. The fourth-order valence-corrected chi connectivity index (χ4v) is 1.86. The number of rotatable bonds is 2. The third-order valence-corrected chi connectivity index (χ3v) is 2.79. The standard InChI is InChI=1S/C10H15N3O3/c11-9-3-4-13(10(15)12-9)7-1-2-8(5-14)16-6-7/h3-4,7-8,14H,1-2,5-6H2,(H2,11,12,15)/t7-,8-/m0/s1. The number of hydrogen-bond acceptors (Lipinski definition) is 5. The van der Waals surface area contributed by atoms with Crippen molar-refractivity contribution in [3.63, 3.8) is 0 Å². The SMILES string of the molecule is Nc1ccn([C@H]2CC[C@@H](CO)OC2)c(=O)n1. The summed E-state index contributed by atoms with van der Waals surface area (Å²) in [7, 11) is 0. The molecule has 16 heavy (non-hydrogen) atoms. The van der Waals surface area contributed by atoms with Crippen molar-refractivity contribution < 1.29 is 9.84 Å². The molecular formula is C10H15N3O3. The van der Waals surface area contributed by atoms with Crippen LogP contribution in [0.25, 0.3) is 0 Å². The average molecular weight is 225 g/mol. The third kappa shape index (κ3) is 2.23. The van der Waals surface area contributed by atoms with Crippen molar-refractivity contribution in [2.24, 2.45) is 0 Å². The first-order chi connectivity index (χ1) is 7.70. The van der Waals surface area contributed by atoms with E-state index in [9.17, 15) is 4.79 Å². The minimum atomic E-state index is -0.351. The van der Waals surface area contributed by atoms with Gasteiger partial charge in [0, 0.05) is 6.20 Å². The highest BCUT2D eigenvalue weighted by molar-refractivity contribution is 5.23. The molecule has 1 aliphatic rings. The van der Waals surface area contributed by atoms with Crippen LogP contribution in [0.15, 0.2) is 17.1 Å². The van der Waals surface area contributed by atoms with Crippen LogP contribution < -0.4 is 11.4 Å². The van der Waals surface area contributed by atoms with E-state index in [-0.39, 0.29) is 30.3 Å². The molecule has 0 spiro atoms. The fraction of sp³-hybridized carbons (Fsp3) is 0.600. The molecule has 1 fully saturated rings. The van der Waals surface area contributed by atoms with Crippen LogP contribution in [-0.2, 0) is 4.74 Å². The Kier molecular flexibility index (Phi) is 3.21. The van der Waals surface area contributed by atoms with Gasteiger partial charge in [0.25, 0.3) is 0 Å². The van der Waals surface area contributed by atoms with Gasteiger partial charge in [-0.15, -0.1) is 0 Å². The van der Waals surface area contributed by atoms with Gasteiger partial charge in [0.2, 0.25) is 0 Å². The fourth-order valence-electron chi connectivity index (χ4n) is 1.86. The number of nitrogen functional groups attached to an aromatic ring is 1. The highest BCUT2D eigenvalue weighted by Crippen LogP contribution is 2.21. The van der Waals surface area contributed by atoms with Gasteiger partial charge in [-0.1, -0.05) is 0 Å². The summed E-state index contributed by atoms with van der Waals surface area (Å²) in [6, 6.07) is 1.59. The number of hydrogen-bond donors (Lipinski definition) is 2. The Labute approximate surface area is 92.7 Å². The number of nitrogens with two attached hydrogens (primary N) is 1. The summed E-state index contributed by atoms with van der Waals surface area (Å²) >= 11 is 0. The van der Waals surface area contributed by atoms with Crippen molar-refractivity contribution in [2.45, 2.75) is 25.0 Å². The molecule has 1 aromatic rings. The van der Waals surface area contributed by atoms with Crippen LogP contribution in [0.4, 0.5) is 5.82 Å². The maximum absolute atomic E-state index is 11.6. The molecule has 1 saturated heterocycles. The van der Waals surface area contributed by atoms with Gasteiger partial charge in [-0.3, -0.25) is 4.57 Å². The lowest BCUT2D eigenvalue weighted by Crippen LogP contribution is -2.35. The van der Waals surface area contributed by atoms with Crippen LogP contribution in [0.5, 0.6) is 0 Å². The Morgan fingerprint density at radius 1 is 1.62 bits per heavy atom. The van der Waals surface area contributed by atoms with E-state index in [0.29, 0.717) is 6.61 Å². The number of anilines is 1. The van der Waals surface area contributed by atoms with Crippen molar-refractivity contribution in [1.82, 2.24) is 9.55 Å². The summed E-state index contributed by atoms with van der Waals surface area (Å²) in [5.74, 6) is 0.228. The summed E-state index contributed by atoms with van der Waals surface area (Å²) in [4.78, 5) is 15.2. The van der Waals surface area contributed by atoms with E-state index >= 15 is 0 Å². The molecule has 0 bridgehead atoms. The second kappa shape index (κ2) is 4.63. The number of aromatic nitrogens is 2. The van der Waals surface area contributed by atoms with Crippen LogP contribution in [0.1, 0.15) is 18.9 Å². The lowest BCUT2D eigenvalue weighted by molar-refractivity contribution is -0.0397. The summed E-state index contributed by atoms with van der Waals surface area (Å²) in [6.07, 6.45) is 3.08. The van der Waals surface area contributed by atoms with Crippen molar-refractivity contribution in [3.05, 3.63) is 22.7 Å². The van der Waals surface area contributed by atoms with Gasteiger partial charge in [-0.25, -0.2) is 4.79 Å². The van der Waals surface area contributed by atoms with Crippen LogP contribution >= 0.6 is 0 Å². The number of aliphatic hydroxyl groups is 1. The lowest BCUT2D eigenvalue weighted by atomic mass is 10.1. The molecule has 2 atom stereocenters.